The molecule has 142 valence electrons. The first-order chi connectivity index (χ1) is 13.7. The molecule has 1 aliphatic rings. The maximum atomic E-state index is 13.2. The molecule has 28 heavy (non-hydrogen) atoms. The summed E-state index contributed by atoms with van der Waals surface area (Å²) >= 11 is 0. The number of hydrogen-bond donors (Lipinski definition) is 0. The average molecular weight is 373 g/mol. The Balaban J connectivity index is 1.60. The summed E-state index contributed by atoms with van der Waals surface area (Å²) in [7, 11) is 3.46. The SMILES string of the molecule is COc1ccc(-c2cccc(C(=O)N(C)[C@H]3CCCc4ccccc43)c2)nn1. The van der Waals surface area contributed by atoms with Crippen molar-refractivity contribution in [2.45, 2.75) is 25.3 Å². The number of rotatable bonds is 4. The molecule has 0 saturated heterocycles. The Morgan fingerprint density at radius 3 is 2.71 bits per heavy atom. The topological polar surface area (TPSA) is 55.3 Å². The van der Waals surface area contributed by atoms with Crippen LogP contribution in [0, 0.1) is 0 Å². The van der Waals surface area contributed by atoms with Gasteiger partial charge in [0.25, 0.3) is 5.91 Å². The van der Waals surface area contributed by atoms with Crippen LogP contribution in [0.4, 0.5) is 0 Å². The van der Waals surface area contributed by atoms with Gasteiger partial charge in [-0.25, -0.2) is 0 Å². The van der Waals surface area contributed by atoms with Crippen LogP contribution in [0.15, 0.2) is 60.7 Å². The van der Waals surface area contributed by atoms with Crippen LogP contribution in [-0.4, -0.2) is 35.2 Å². The smallest absolute Gasteiger partial charge is 0.254 e. The summed E-state index contributed by atoms with van der Waals surface area (Å²) in [6, 6.07) is 19.7. The van der Waals surface area contributed by atoms with Crippen LogP contribution in [-0.2, 0) is 6.42 Å². The summed E-state index contributed by atoms with van der Waals surface area (Å²) in [5.74, 6) is 0.483. The number of fused-ring (bicyclic) bond motifs is 1. The Morgan fingerprint density at radius 1 is 1.07 bits per heavy atom. The van der Waals surface area contributed by atoms with Crippen molar-refractivity contribution in [1.29, 1.82) is 0 Å². The van der Waals surface area contributed by atoms with E-state index >= 15 is 0 Å². The first kappa shape index (κ1) is 18.2. The van der Waals surface area contributed by atoms with Crippen LogP contribution in [0.3, 0.4) is 0 Å². The maximum Gasteiger partial charge on any atom is 0.254 e. The Labute approximate surface area is 165 Å². The van der Waals surface area contributed by atoms with E-state index in [-0.39, 0.29) is 11.9 Å². The van der Waals surface area contributed by atoms with Crippen molar-refractivity contribution in [2.24, 2.45) is 0 Å². The summed E-state index contributed by atoms with van der Waals surface area (Å²) < 4.78 is 5.06. The minimum absolute atomic E-state index is 0.0185. The fourth-order valence-corrected chi connectivity index (χ4v) is 3.87. The molecule has 1 heterocycles. The summed E-state index contributed by atoms with van der Waals surface area (Å²) in [6.45, 7) is 0. The van der Waals surface area contributed by atoms with E-state index in [2.05, 4.69) is 34.5 Å². The molecule has 1 amide bonds. The lowest BCUT2D eigenvalue weighted by Crippen LogP contribution is -2.33. The van der Waals surface area contributed by atoms with Gasteiger partial charge in [0.2, 0.25) is 5.88 Å². The third-order valence-electron chi connectivity index (χ3n) is 5.38. The standard InChI is InChI=1S/C23H23N3O2/c1-26(21-12-6-8-16-7-3-4-11-19(16)21)23(27)18-10-5-9-17(15-18)20-13-14-22(28-2)25-24-20/h3-5,7,9-11,13-15,21H,6,8,12H2,1-2H3/t21-/m0/s1. The van der Waals surface area contributed by atoms with E-state index < -0.39 is 0 Å². The zero-order valence-electron chi connectivity index (χ0n) is 16.1. The zero-order valence-corrected chi connectivity index (χ0v) is 16.1. The van der Waals surface area contributed by atoms with Crippen molar-refractivity contribution in [3.63, 3.8) is 0 Å². The molecule has 0 unspecified atom stereocenters. The first-order valence-electron chi connectivity index (χ1n) is 9.50. The predicted molar refractivity (Wildman–Crippen MR) is 108 cm³/mol. The van der Waals surface area contributed by atoms with Gasteiger partial charge in [-0.05, 0) is 48.6 Å². The van der Waals surface area contributed by atoms with Crippen LogP contribution >= 0.6 is 0 Å². The zero-order chi connectivity index (χ0) is 19.5. The van der Waals surface area contributed by atoms with Crippen molar-refractivity contribution >= 4 is 5.91 Å². The van der Waals surface area contributed by atoms with Crippen LogP contribution in [0.25, 0.3) is 11.3 Å². The minimum atomic E-state index is 0.0185. The quantitative estimate of drug-likeness (QED) is 0.684. The highest BCUT2D eigenvalue weighted by Gasteiger charge is 2.27. The van der Waals surface area contributed by atoms with Crippen molar-refractivity contribution in [2.75, 3.05) is 14.2 Å². The van der Waals surface area contributed by atoms with Crippen LogP contribution in [0.1, 0.15) is 40.4 Å². The maximum absolute atomic E-state index is 13.2. The lowest BCUT2D eigenvalue weighted by atomic mass is 9.87. The fraction of sp³-hybridized carbons (Fsp3) is 0.261. The monoisotopic (exact) mass is 373 g/mol. The number of methoxy groups -OCH3 is 1. The molecule has 1 aromatic heterocycles. The second kappa shape index (κ2) is 7.80. The number of amides is 1. The van der Waals surface area contributed by atoms with Gasteiger partial charge in [0, 0.05) is 24.2 Å². The number of benzene rings is 2. The molecule has 0 bridgehead atoms. The molecule has 4 rings (SSSR count). The van der Waals surface area contributed by atoms with Crippen LogP contribution < -0.4 is 4.74 Å². The molecular weight excluding hydrogens is 350 g/mol. The lowest BCUT2D eigenvalue weighted by Gasteiger charge is -2.33. The van der Waals surface area contributed by atoms with Gasteiger partial charge >= 0.3 is 0 Å². The van der Waals surface area contributed by atoms with Gasteiger partial charge in [0.1, 0.15) is 0 Å². The average Bonchev–Trinajstić information content (AvgIpc) is 2.78. The molecule has 0 radical (unpaired) electrons. The molecule has 1 atom stereocenters. The van der Waals surface area contributed by atoms with Gasteiger partial charge < -0.3 is 9.64 Å². The van der Waals surface area contributed by atoms with E-state index in [9.17, 15) is 4.79 Å². The van der Waals surface area contributed by atoms with E-state index in [1.807, 2.05) is 42.3 Å². The summed E-state index contributed by atoms with van der Waals surface area (Å²) in [4.78, 5) is 15.1. The second-order valence-corrected chi connectivity index (χ2v) is 7.06. The molecule has 3 aromatic rings. The second-order valence-electron chi connectivity index (χ2n) is 7.06. The van der Waals surface area contributed by atoms with Crippen molar-refractivity contribution in [3.8, 4) is 17.1 Å². The van der Waals surface area contributed by atoms with E-state index in [0.29, 0.717) is 17.1 Å². The molecule has 0 saturated carbocycles. The molecule has 0 N–H and O–H groups in total. The Hall–Kier alpha value is -3.21. The minimum Gasteiger partial charge on any atom is -0.480 e. The molecule has 0 fully saturated rings. The summed E-state index contributed by atoms with van der Waals surface area (Å²) in [5, 5.41) is 8.20. The highest BCUT2D eigenvalue weighted by molar-refractivity contribution is 5.95. The van der Waals surface area contributed by atoms with E-state index in [1.165, 1.54) is 11.1 Å². The predicted octanol–water partition coefficient (Wildman–Crippen LogP) is 4.30. The lowest BCUT2D eigenvalue weighted by molar-refractivity contribution is 0.0715. The van der Waals surface area contributed by atoms with E-state index in [0.717, 1.165) is 24.8 Å². The Kier molecular flexibility index (Phi) is 5.06. The van der Waals surface area contributed by atoms with Crippen molar-refractivity contribution in [1.82, 2.24) is 15.1 Å². The number of hydrogen-bond acceptors (Lipinski definition) is 4. The molecule has 0 aliphatic heterocycles. The van der Waals surface area contributed by atoms with Crippen molar-refractivity contribution < 1.29 is 9.53 Å². The fourth-order valence-electron chi connectivity index (χ4n) is 3.87. The van der Waals surface area contributed by atoms with Gasteiger partial charge in [0.15, 0.2) is 0 Å². The third kappa shape index (κ3) is 3.48. The number of aryl methyl sites for hydroxylation is 1. The Morgan fingerprint density at radius 2 is 1.93 bits per heavy atom. The highest BCUT2D eigenvalue weighted by Crippen LogP contribution is 2.34. The summed E-state index contributed by atoms with van der Waals surface area (Å²) in [6.07, 6.45) is 3.17. The van der Waals surface area contributed by atoms with Gasteiger partial charge in [-0.2, -0.15) is 0 Å². The van der Waals surface area contributed by atoms with Gasteiger partial charge in [0.05, 0.1) is 18.8 Å². The van der Waals surface area contributed by atoms with Gasteiger partial charge in [-0.15, -0.1) is 10.2 Å². The molecule has 2 aromatic carbocycles. The number of aromatic nitrogens is 2. The van der Waals surface area contributed by atoms with E-state index in [1.54, 1.807) is 13.2 Å². The third-order valence-corrected chi connectivity index (χ3v) is 5.38. The number of carbonyl (C=O) groups is 1. The molecular formula is C23H23N3O2. The van der Waals surface area contributed by atoms with Crippen LogP contribution in [0.2, 0.25) is 0 Å². The molecule has 5 heteroatoms. The first-order valence-corrected chi connectivity index (χ1v) is 9.50. The highest BCUT2D eigenvalue weighted by atomic mass is 16.5. The molecule has 1 aliphatic carbocycles. The molecule has 5 nitrogen and oxygen atoms in total. The Bertz CT molecular complexity index is 985. The molecule has 0 spiro atoms. The number of carbonyl (C=O) groups excluding carboxylic acids is 1. The van der Waals surface area contributed by atoms with E-state index in [4.69, 9.17) is 4.74 Å². The van der Waals surface area contributed by atoms with Crippen LogP contribution in [0.5, 0.6) is 5.88 Å². The largest absolute Gasteiger partial charge is 0.480 e. The number of ether oxygens (including phenoxy) is 1. The normalized spacial score (nSPS) is 15.6. The van der Waals surface area contributed by atoms with Gasteiger partial charge in [-0.3, -0.25) is 4.79 Å². The summed E-state index contributed by atoms with van der Waals surface area (Å²) in [5.41, 5.74) is 4.84. The van der Waals surface area contributed by atoms with Crippen molar-refractivity contribution in [3.05, 3.63) is 77.4 Å². The number of nitrogens with zero attached hydrogens (tertiary/aromatic N) is 3. The van der Waals surface area contributed by atoms with Gasteiger partial charge in [-0.1, -0.05) is 36.4 Å².